The number of benzene rings is 1. The standard InChI is InChI=1S/C20H19F3N4O6S/c21-20(22,23)10-5-6-12(13(7-10)27(31)32)25-8-16(29)33-9-15(28)26-19-17(18(24)30)11-3-1-2-4-14(11)34-19/h5-7,25H,1-4,8-9H2,(H2,24,30)(H,26,28). The van der Waals surface area contributed by atoms with Crippen molar-refractivity contribution < 1.29 is 37.2 Å². The van der Waals surface area contributed by atoms with Gasteiger partial charge in [0.25, 0.3) is 17.5 Å². The molecule has 34 heavy (non-hydrogen) atoms. The highest BCUT2D eigenvalue weighted by molar-refractivity contribution is 7.17. The molecule has 4 N–H and O–H groups in total. The number of nitrogens with zero attached hydrogens (tertiary/aromatic N) is 1. The average Bonchev–Trinajstić information content (AvgIpc) is 3.13. The van der Waals surface area contributed by atoms with Crippen LogP contribution < -0.4 is 16.4 Å². The topological polar surface area (TPSA) is 154 Å². The average molecular weight is 500 g/mol. The molecule has 0 fully saturated rings. The number of alkyl halides is 3. The van der Waals surface area contributed by atoms with Crippen LogP contribution in [0.1, 0.15) is 39.2 Å². The maximum Gasteiger partial charge on any atom is 0.416 e. The molecule has 0 bridgehead atoms. The SMILES string of the molecule is NC(=O)c1c(NC(=O)COC(=O)CNc2ccc(C(F)(F)F)cc2[N+](=O)[O-])sc2c1CCCC2. The van der Waals surface area contributed by atoms with Gasteiger partial charge in [-0.1, -0.05) is 0 Å². The normalized spacial score (nSPS) is 13.0. The molecule has 0 atom stereocenters. The summed E-state index contributed by atoms with van der Waals surface area (Å²) in [5.74, 6) is -2.38. The summed E-state index contributed by atoms with van der Waals surface area (Å²) in [6.45, 7) is -1.35. The molecule has 2 aromatic rings. The van der Waals surface area contributed by atoms with Crippen LogP contribution in [0.4, 0.5) is 29.5 Å². The first-order valence-corrected chi connectivity index (χ1v) is 10.8. The quantitative estimate of drug-likeness (QED) is 0.286. The van der Waals surface area contributed by atoms with Gasteiger partial charge in [0.2, 0.25) is 0 Å². The number of carbonyl (C=O) groups excluding carboxylic acids is 3. The highest BCUT2D eigenvalue weighted by Crippen LogP contribution is 2.38. The molecule has 0 spiro atoms. The number of hydrogen-bond acceptors (Lipinski definition) is 8. The van der Waals surface area contributed by atoms with Crippen LogP contribution in [0, 0.1) is 10.1 Å². The number of aryl methyl sites for hydroxylation is 1. The fraction of sp³-hybridized carbons (Fsp3) is 0.350. The molecule has 0 unspecified atom stereocenters. The van der Waals surface area contributed by atoms with Gasteiger partial charge in [-0.2, -0.15) is 13.2 Å². The van der Waals surface area contributed by atoms with Gasteiger partial charge in [-0.3, -0.25) is 24.5 Å². The maximum absolute atomic E-state index is 12.8. The number of hydrogen-bond donors (Lipinski definition) is 3. The van der Waals surface area contributed by atoms with E-state index in [0.29, 0.717) is 18.6 Å². The van der Waals surface area contributed by atoms with E-state index in [-0.39, 0.29) is 16.3 Å². The van der Waals surface area contributed by atoms with Gasteiger partial charge in [0.15, 0.2) is 6.61 Å². The Kier molecular flexibility index (Phi) is 7.39. The molecule has 3 rings (SSSR count). The van der Waals surface area contributed by atoms with Crippen LogP contribution in [-0.2, 0) is 33.3 Å². The Balaban J connectivity index is 1.57. The van der Waals surface area contributed by atoms with Crippen LogP contribution >= 0.6 is 11.3 Å². The van der Waals surface area contributed by atoms with E-state index in [1.807, 2.05) is 0 Å². The maximum atomic E-state index is 12.8. The number of nitrogens with two attached hydrogens (primary N) is 1. The lowest BCUT2D eigenvalue weighted by Gasteiger charge is -2.11. The molecule has 0 saturated heterocycles. The minimum atomic E-state index is -4.77. The third-order valence-corrected chi connectivity index (χ3v) is 6.19. The number of amides is 2. The number of nitro benzene ring substituents is 1. The first kappa shape index (κ1) is 25.0. The molecule has 1 aromatic carbocycles. The van der Waals surface area contributed by atoms with Gasteiger partial charge in [0.1, 0.15) is 17.2 Å². The second-order valence-electron chi connectivity index (χ2n) is 7.33. The number of thiophene rings is 1. The van der Waals surface area contributed by atoms with Gasteiger partial charge in [0.05, 0.1) is 16.1 Å². The van der Waals surface area contributed by atoms with Crippen molar-refractivity contribution in [2.45, 2.75) is 31.9 Å². The van der Waals surface area contributed by atoms with Crippen molar-refractivity contribution in [1.82, 2.24) is 0 Å². The van der Waals surface area contributed by atoms with Crippen molar-refractivity contribution in [3.63, 3.8) is 0 Å². The van der Waals surface area contributed by atoms with E-state index in [1.54, 1.807) is 0 Å². The number of ether oxygens (including phenoxy) is 1. The van der Waals surface area contributed by atoms with Crippen LogP contribution in [-0.4, -0.2) is 35.9 Å². The fourth-order valence-electron chi connectivity index (χ4n) is 3.45. The fourth-order valence-corrected chi connectivity index (χ4v) is 4.76. The van der Waals surface area contributed by atoms with Crippen molar-refractivity contribution in [2.24, 2.45) is 5.73 Å². The van der Waals surface area contributed by atoms with E-state index in [4.69, 9.17) is 10.5 Å². The number of halogens is 3. The Bertz CT molecular complexity index is 1150. The van der Waals surface area contributed by atoms with E-state index >= 15 is 0 Å². The van der Waals surface area contributed by atoms with Gasteiger partial charge in [-0.25, -0.2) is 0 Å². The van der Waals surface area contributed by atoms with E-state index < -0.39 is 53.3 Å². The summed E-state index contributed by atoms with van der Waals surface area (Å²) in [5.41, 5.74) is 4.11. The molecule has 1 aliphatic rings. The molecule has 0 aliphatic heterocycles. The Morgan fingerprint density at radius 1 is 1.21 bits per heavy atom. The number of anilines is 2. The molecule has 2 amide bonds. The zero-order valence-corrected chi connectivity index (χ0v) is 18.3. The van der Waals surface area contributed by atoms with E-state index in [9.17, 15) is 37.7 Å². The Labute approximate surface area is 194 Å². The summed E-state index contributed by atoms with van der Waals surface area (Å²) in [5, 5.41) is 16.2. The Hall–Kier alpha value is -3.68. The monoisotopic (exact) mass is 500 g/mol. The Morgan fingerprint density at radius 2 is 1.91 bits per heavy atom. The summed E-state index contributed by atoms with van der Waals surface area (Å²) in [7, 11) is 0. The molecule has 1 aliphatic carbocycles. The lowest BCUT2D eigenvalue weighted by atomic mass is 9.95. The molecule has 10 nitrogen and oxygen atoms in total. The predicted octanol–water partition coefficient (Wildman–Crippen LogP) is 3.25. The summed E-state index contributed by atoms with van der Waals surface area (Å²) >= 11 is 1.24. The smallest absolute Gasteiger partial charge is 0.416 e. The van der Waals surface area contributed by atoms with Crippen molar-refractivity contribution in [3.8, 4) is 0 Å². The molecule has 1 heterocycles. The minimum Gasteiger partial charge on any atom is -0.454 e. The molecular weight excluding hydrogens is 481 g/mol. The highest BCUT2D eigenvalue weighted by atomic mass is 32.1. The molecule has 0 saturated carbocycles. The summed E-state index contributed by atoms with van der Waals surface area (Å²) in [6.07, 6.45) is -1.46. The molecule has 0 radical (unpaired) electrons. The lowest BCUT2D eigenvalue weighted by molar-refractivity contribution is -0.384. The van der Waals surface area contributed by atoms with Crippen LogP contribution in [0.2, 0.25) is 0 Å². The zero-order valence-electron chi connectivity index (χ0n) is 17.5. The first-order valence-electron chi connectivity index (χ1n) is 9.96. The zero-order chi connectivity index (χ0) is 25.0. The molecule has 182 valence electrons. The number of primary amides is 1. The van der Waals surface area contributed by atoms with Gasteiger partial charge < -0.3 is 21.1 Å². The summed E-state index contributed by atoms with van der Waals surface area (Å²) in [6, 6.07) is 1.80. The number of esters is 1. The largest absolute Gasteiger partial charge is 0.454 e. The van der Waals surface area contributed by atoms with Crippen molar-refractivity contribution in [3.05, 3.63) is 49.9 Å². The third kappa shape index (κ3) is 5.81. The predicted molar refractivity (Wildman–Crippen MR) is 116 cm³/mol. The van der Waals surface area contributed by atoms with E-state index in [0.717, 1.165) is 35.8 Å². The molecular formula is C20H19F3N4O6S. The van der Waals surface area contributed by atoms with Gasteiger partial charge >= 0.3 is 12.1 Å². The summed E-state index contributed by atoms with van der Waals surface area (Å²) in [4.78, 5) is 47.0. The van der Waals surface area contributed by atoms with Gasteiger partial charge in [-0.15, -0.1) is 11.3 Å². The molecule has 1 aromatic heterocycles. The van der Waals surface area contributed by atoms with Gasteiger partial charge in [0, 0.05) is 10.9 Å². The van der Waals surface area contributed by atoms with E-state index in [1.165, 1.54) is 11.3 Å². The van der Waals surface area contributed by atoms with Crippen LogP contribution in [0.25, 0.3) is 0 Å². The second-order valence-corrected chi connectivity index (χ2v) is 8.43. The third-order valence-electron chi connectivity index (χ3n) is 4.98. The van der Waals surface area contributed by atoms with Crippen LogP contribution in [0.15, 0.2) is 18.2 Å². The minimum absolute atomic E-state index is 0.246. The van der Waals surface area contributed by atoms with Crippen molar-refractivity contribution in [1.29, 1.82) is 0 Å². The number of rotatable bonds is 8. The number of nitrogens with one attached hydrogen (secondary N) is 2. The number of fused-ring (bicyclic) bond motifs is 1. The number of carbonyl (C=O) groups is 3. The Morgan fingerprint density at radius 3 is 2.56 bits per heavy atom. The number of nitro groups is 1. The first-order chi connectivity index (χ1) is 16.0. The van der Waals surface area contributed by atoms with E-state index in [2.05, 4.69) is 10.6 Å². The van der Waals surface area contributed by atoms with Crippen LogP contribution in [0.5, 0.6) is 0 Å². The highest BCUT2D eigenvalue weighted by Gasteiger charge is 2.33. The van der Waals surface area contributed by atoms with Crippen molar-refractivity contribution in [2.75, 3.05) is 23.8 Å². The van der Waals surface area contributed by atoms with Crippen molar-refractivity contribution >= 4 is 45.5 Å². The lowest BCUT2D eigenvalue weighted by Crippen LogP contribution is -2.25. The molecule has 14 heteroatoms. The van der Waals surface area contributed by atoms with Crippen LogP contribution in [0.3, 0.4) is 0 Å². The summed E-state index contributed by atoms with van der Waals surface area (Å²) < 4.78 is 43.1. The van der Waals surface area contributed by atoms with Gasteiger partial charge in [-0.05, 0) is 43.4 Å². The second kappa shape index (κ2) is 10.1.